The van der Waals surface area contributed by atoms with E-state index in [-0.39, 0.29) is 103 Å². The van der Waals surface area contributed by atoms with Crippen molar-refractivity contribution in [3.8, 4) is 33.8 Å². The van der Waals surface area contributed by atoms with Crippen LogP contribution in [0.3, 0.4) is 0 Å². The number of halogens is 9. The zero-order valence-corrected chi connectivity index (χ0v) is 71.8. The Morgan fingerprint density at radius 1 is 0.547 bits per heavy atom. The first-order valence-corrected chi connectivity index (χ1v) is 38.6. The number of carbonyl (C=O) groups excluding carboxylic acids is 1. The standard InChI is InChI=1S/C17H18N8O.C14H15ClN6O.C11H12BrClN4O.C9H15BN2O2.C8H5BrClFO2.C8H5BrClN3O.C3H9NO.CH5N3.ClH/c18-17-22-14-9-10(12-2-5-20-24-12)8-11(13-3-6-21-25-13)15(14)16(23-17)19-4-1-7-26;15-9-6-8(10-2-4-18-21-10)7-11-12(9)13(17-3-1-5-22)20-14(16)19-11;12-6-4-7(13)9-8(5-6)16-11(14)17-10(9)15-2-1-3-18;1-8(2)9(3,4)14-10(13-8)7-5-6-11-12-7;1-13-8(12)7-5(10)2-4(9)3-6(7)11;9-3-1-4(10)6-5(2-3)12-8(11)13-7(6)14;4-2-1-3-5;2-1(3)4;/h2-3,5-6,8-9,26H,1,4,7H2,(H,20,24)(H,21,25)(H3,18,19,22,23);2,4,6-7,22H,1,3,5H2,(H,18,21)(H3,16,17,19,20);4-5,18H,1-3H2,(H3,14,15,16,17);5-6H,1-4H3,(H,11,12);2-3H,1H3;1-2H,(H3,11,12,13,14);5H,1-4H2;(H5,2,3,4);1H. The summed E-state index contributed by atoms with van der Waals surface area (Å²) >= 11 is 33.8. The van der Waals surface area contributed by atoms with Gasteiger partial charge in [-0.15, -0.1) is 12.4 Å². The van der Waals surface area contributed by atoms with Crippen LogP contribution in [0, 0.1) is 11.2 Å². The summed E-state index contributed by atoms with van der Waals surface area (Å²) in [5, 5.41) is 81.9. The zero-order chi connectivity index (χ0) is 85.0. The monoisotopic (exact) mass is 1900 g/mol. The Labute approximate surface area is 719 Å². The summed E-state index contributed by atoms with van der Waals surface area (Å²) in [6, 6.07) is 24.7. The first kappa shape index (κ1) is 95.9. The number of aromatic amines is 5. The SMILES string of the molecule is CC1(C)OB(c2ccn[nH]2)OC1(C)C.COC(=O)c1c(F)cc(Br)cc1Cl.Cl.N=C(N)N.NCCCO.Nc1nc(NCCCO)c2c(-c3ccn[nH]3)cc(-c3ccn[nH]3)cc2n1.Nc1nc(NCCCO)c2c(Cl)cc(-c3ccn[nH]3)cc2n1.Nc1nc(NCCCO)c2c(Cl)cc(Br)cc2n1.Nc1nc2cc(Br)cc(Cl)c2c(=O)[nH]1. The molecule has 0 radical (unpaired) electrons. The minimum atomic E-state index is -0.782. The molecule has 0 saturated carbocycles. The minimum Gasteiger partial charge on any atom is -0.465 e. The van der Waals surface area contributed by atoms with Crippen molar-refractivity contribution in [1.82, 2.24) is 80.7 Å². The van der Waals surface area contributed by atoms with Gasteiger partial charge in [-0.05, 0) is 145 Å². The second-order valence-corrected chi connectivity index (χ2v) is 29.5. The molecule has 13 aromatic rings. The van der Waals surface area contributed by atoms with E-state index in [9.17, 15) is 14.0 Å². The molecule has 1 aliphatic rings. The summed E-state index contributed by atoms with van der Waals surface area (Å²) in [7, 11) is 0.836. The van der Waals surface area contributed by atoms with Gasteiger partial charge in [-0.2, -0.15) is 35.3 Å². The molecule has 14 rings (SSSR count). The van der Waals surface area contributed by atoms with Crippen LogP contribution in [0.2, 0.25) is 20.1 Å². The van der Waals surface area contributed by atoms with Crippen molar-refractivity contribution in [3.05, 3.63) is 165 Å². The van der Waals surface area contributed by atoms with Crippen molar-refractivity contribution in [2.24, 2.45) is 17.2 Å². The van der Waals surface area contributed by atoms with Gasteiger partial charge < -0.3 is 90.6 Å². The lowest BCUT2D eigenvalue weighted by molar-refractivity contribution is 0.00578. The third kappa shape index (κ3) is 27.6. The largest absolute Gasteiger partial charge is 0.513 e. The van der Waals surface area contributed by atoms with Crippen molar-refractivity contribution in [3.63, 3.8) is 0 Å². The number of H-pyrrole nitrogens is 5. The Bertz CT molecular complexity index is 5400. The third-order valence-corrected chi connectivity index (χ3v) is 18.7. The smallest absolute Gasteiger partial charge is 0.465 e. The van der Waals surface area contributed by atoms with Gasteiger partial charge in [0.15, 0.2) is 5.96 Å². The molecule has 1 fully saturated rings. The first-order chi connectivity index (χ1) is 55.3. The van der Waals surface area contributed by atoms with Crippen LogP contribution in [0.1, 0.15) is 63.7 Å². The molecular weight excluding hydrogens is 1820 g/mol. The maximum atomic E-state index is 13.1. The molecule has 117 heavy (non-hydrogen) atoms. The van der Waals surface area contributed by atoms with Crippen molar-refractivity contribution in [2.75, 3.05) is 98.6 Å². The molecule has 0 bridgehead atoms. The van der Waals surface area contributed by atoms with Crippen molar-refractivity contribution in [2.45, 2.75) is 64.6 Å². The fourth-order valence-electron chi connectivity index (χ4n) is 10.2. The molecule has 0 unspecified atom stereocenters. The van der Waals surface area contributed by atoms with Gasteiger partial charge in [-0.3, -0.25) is 35.6 Å². The highest BCUT2D eigenvalue weighted by Gasteiger charge is 2.52. The zero-order valence-electron chi connectivity index (χ0n) is 63.2. The van der Waals surface area contributed by atoms with Crippen LogP contribution in [0.15, 0.2) is 128 Å². The van der Waals surface area contributed by atoms with E-state index in [1.807, 2.05) is 82.3 Å². The van der Waals surface area contributed by atoms with Crippen LogP contribution in [0.4, 0.5) is 45.6 Å². The number of anilines is 7. The number of ether oxygens (including phenoxy) is 1. The van der Waals surface area contributed by atoms with Gasteiger partial charge in [-0.1, -0.05) is 94.2 Å². The van der Waals surface area contributed by atoms with Gasteiger partial charge in [0.25, 0.3) is 5.56 Å². The molecule has 9 heterocycles. The number of aromatic nitrogens is 16. The van der Waals surface area contributed by atoms with E-state index in [0.29, 0.717) is 115 Å². The minimum absolute atomic E-state index is 0. The topological polar surface area (TPSA) is 606 Å². The van der Waals surface area contributed by atoms with E-state index in [1.54, 1.807) is 43.0 Å². The Balaban J connectivity index is 0.000000216. The second-order valence-electron chi connectivity index (χ2n) is 25.2. The number of aliphatic hydroxyl groups excluding tert-OH is 4. The predicted molar refractivity (Wildman–Crippen MR) is 471 cm³/mol. The van der Waals surface area contributed by atoms with Crippen LogP contribution in [0.25, 0.3) is 77.4 Å². The Kier molecular flexibility index (Phi) is 37.9. The predicted octanol–water partition coefficient (Wildman–Crippen LogP) is 10.5. The van der Waals surface area contributed by atoms with Crippen molar-refractivity contribution in [1.29, 1.82) is 5.41 Å². The Hall–Kier alpha value is -9.96. The molecule has 1 aliphatic heterocycles. The summed E-state index contributed by atoms with van der Waals surface area (Å²) in [6.45, 7) is 11.0. The fraction of sp³-hybridized carbons (Fsp3) is 0.268. The van der Waals surface area contributed by atoms with Crippen LogP contribution >= 0.6 is 107 Å². The highest BCUT2D eigenvalue weighted by molar-refractivity contribution is 9.11. The number of guanidine groups is 1. The van der Waals surface area contributed by atoms with Crippen LogP contribution in [0.5, 0.6) is 0 Å². The number of hydrogen-bond donors (Lipinski definition) is 20. The van der Waals surface area contributed by atoms with Gasteiger partial charge >= 0.3 is 13.1 Å². The number of fused-ring (bicyclic) bond motifs is 4. The molecule has 0 atom stereocenters. The van der Waals surface area contributed by atoms with Gasteiger partial charge in [0.1, 0.15) is 28.8 Å². The maximum Gasteiger partial charge on any atom is 0.513 e. The number of nitrogens with one attached hydrogen (secondary N) is 9. The average molecular weight is 1910 g/mol. The van der Waals surface area contributed by atoms with Crippen LogP contribution in [-0.4, -0.2) is 191 Å². The van der Waals surface area contributed by atoms with Gasteiger partial charge in [0.2, 0.25) is 23.8 Å². The number of aliphatic hydroxyl groups is 4. The fourth-order valence-corrected chi connectivity index (χ4v) is 13.1. The van der Waals surface area contributed by atoms with E-state index in [4.69, 9.17) is 110 Å². The molecular formula is C71H85BBr3Cl5FN27O9. The summed E-state index contributed by atoms with van der Waals surface area (Å²) in [5.74, 6) is 0.571. The number of methoxy groups -OCH3 is 1. The molecule has 0 spiro atoms. The van der Waals surface area contributed by atoms with E-state index in [0.717, 1.165) is 71.6 Å². The normalized spacial score (nSPS) is 12.0. The Morgan fingerprint density at radius 2 is 0.932 bits per heavy atom. The summed E-state index contributed by atoms with van der Waals surface area (Å²) in [6.07, 6.45) is 9.32. The summed E-state index contributed by atoms with van der Waals surface area (Å²) < 4.78 is 31.2. The highest BCUT2D eigenvalue weighted by Crippen LogP contribution is 2.39. The molecule has 36 nitrogen and oxygen atoms in total. The molecule has 5 aromatic carbocycles. The molecule has 0 aliphatic carbocycles. The first-order valence-electron chi connectivity index (χ1n) is 34.7. The van der Waals surface area contributed by atoms with Gasteiger partial charge in [0, 0.05) is 101 Å². The van der Waals surface area contributed by atoms with Crippen molar-refractivity contribution < 1.29 is 43.7 Å². The van der Waals surface area contributed by atoms with Crippen LogP contribution < -0.4 is 67.2 Å². The maximum absolute atomic E-state index is 13.1. The molecule has 0 amide bonds. The van der Waals surface area contributed by atoms with E-state index >= 15 is 0 Å². The number of nitrogens with two attached hydrogens (primary N) is 7. The summed E-state index contributed by atoms with van der Waals surface area (Å²) in [5.41, 5.74) is 44.2. The lowest BCUT2D eigenvalue weighted by atomic mass is 9.85. The van der Waals surface area contributed by atoms with E-state index in [1.165, 1.54) is 13.2 Å². The molecule has 27 N–H and O–H groups in total. The lowest BCUT2D eigenvalue weighted by Gasteiger charge is -2.32. The number of nitrogen functional groups attached to an aromatic ring is 4. The quantitative estimate of drug-likeness (QED) is 0.0118. The van der Waals surface area contributed by atoms with Crippen molar-refractivity contribution >= 4 is 216 Å². The lowest BCUT2D eigenvalue weighted by Crippen LogP contribution is -2.41. The van der Waals surface area contributed by atoms with E-state index in [2.05, 4.69) is 161 Å². The Morgan fingerprint density at radius 3 is 1.34 bits per heavy atom. The molecule has 1 saturated heterocycles. The number of nitrogens with zero attached hydrogens (tertiary/aromatic N) is 11. The third-order valence-electron chi connectivity index (χ3n) is 16.1. The van der Waals surface area contributed by atoms with Gasteiger partial charge in [-0.25, -0.2) is 29.1 Å². The number of hydrogen-bond acceptors (Lipinski definition) is 29. The molecule has 8 aromatic heterocycles. The molecule has 46 heteroatoms. The van der Waals surface area contributed by atoms with Crippen LogP contribution in [-0.2, 0) is 14.0 Å². The second kappa shape index (κ2) is 46.3. The molecule has 624 valence electrons. The number of rotatable bonds is 19. The van der Waals surface area contributed by atoms with E-state index < -0.39 is 11.8 Å². The number of benzene rings is 5. The van der Waals surface area contributed by atoms with Gasteiger partial charge in [0.05, 0.1) is 105 Å². The number of carbonyl (C=O) groups is 1. The average Bonchev–Trinajstić information content (AvgIpc) is 1.75. The number of esters is 1. The summed E-state index contributed by atoms with van der Waals surface area (Å²) in [4.78, 5) is 54.3. The highest BCUT2D eigenvalue weighted by atomic mass is 79.9.